The van der Waals surface area contributed by atoms with Crippen LogP contribution in [0.4, 0.5) is 5.82 Å². The topological polar surface area (TPSA) is 90.9 Å². The number of nitrogens with one attached hydrogen (secondary N) is 2. The lowest BCUT2D eigenvalue weighted by Gasteiger charge is -2.23. The summed E-state index contributed by atoms with van der Waals surface area (Å²) in [4.78, 5) is 15.6. The summed E-state index contributed by atoms with van der Waals surface area (Å²) in [6, 6.07) is 9.48. The molecule has 1 saturated carbocycles. The fraction of sp³-hybridized carbons (Fsp3) is 0.381. The predicted octanol–water partition coefficient (Wildman–Crippen LogP) is 4.19. The standard InChI is InChI=1S/C21H24N4O2/c26-21(27)15-9-6-14(7-10-15)8-11-17-19-18(25-24-17)12-13-22-20(19)23-16-4-2-1-3-5-16/h6-7,9-10,12-13,16H,1-5,8,11H2,(H,22,23)(H,24,25)(H,26,27). The van der Waals surface area contributed by atoms with Gasteiger partial charge in [-0.3, -0.25) is 5.10 Å². The smallest absolute Gasteiger partial charge is 0.335 e. The number of aromatic amines is 1. The van der Waals surface area contributed by atoms with Crippen LogP contribution in [0.15, 0.2) is 36.5 Å². The van der Waals surface area contributed by atoms with Gasteiger partial charge in [-0.25, -0.2) is 9.78 Å². The number of hydrogen-bond acceptors (Lipinski definition) is 4. The Morgan fingerprint density at radius 1 is 1.11 bits per heavy atom. The van der Waals surface area contributed by atoms with E-state index in [1.165, 1.54) is 32.1 Å². The van der Waals surface area contributed by atoms with Crippen molar-refractivity contribution in [3.05, 3.63) is 53.3 Å². The fourth-order valence-electron chi connectivity index (χ4n) is 3.84. The van der Waals surface area contributed by atoms with Crippen molar-refractivity contribution in [1.29, 1.82) is 0 Å². The van der Waals surface area contributed by atoms with Crippen molar-refractivity contribution in [1.82, 2.24) is 15.2 Å². The van der Waals surface area contributed by atoms with Crippen molar-refractivity contribution in [2.75, 3.05) is 5.32 Å². The van der Waals surface area contributed by atoms with Gasteiger partial charge < -0.3 is 10.4 Å². The highest BCUT2D eigenvalue weighted by Gasteiger charge is 2.17. The maximum Gasteiger partial charge on any atom is 0.335 e. The lowest BCUT2D eigenvalue weighted by atomic mass is 9.95. The van der Waals surface area contributed by atoms with Crippen LogP contribution in [0.1, 0.15) is 53.7 Å². The fourth-order valence-corrected chi connectivity index (χ4v) is 3.84. The molecular formula is C21H24N4O2. The largest absolute Gasteiger partial charge is 0.478 e. The Balaban J connectivity index is 1.52. The van der Waals surface area contributed by atoms with Gasteiger partial charge in [0.1, 0.15) is 5.82 Å². The summed E-state index contributed by atoms with van der Waals surface area (Å²) < 4.78 is 0. The van der Waals surface area contributed by atoms with E-state index in [0.29, 0.717) is 11.6 Å². The second kappa shape index (κ2) is 7.78. The zero-order valence-electron chi connectivity index (χ0n) is 15.2. The van der Waals surface area contributed by atoms with Crippen LogP contribution in [-0.2, 0) is 12.8 Å². The Morgan fingerprint density at radius 3 is 2.63 bits per heavy atom. The van der Waals surface area contributed by atoms with Crippen LogP contribution >= 0.6 is 0 Å². The van der Waals surface area contributed by atoms with Gasteiger partial charge >= 0.3 is 5.97 Å². The van der Waals surface area contributed by atoms with Crippen LogP contribution in [-0.4, -0.2) is 32.3 Å². The molecule has 1 fully saturated rings. The number of aromatic nitrogens is 3. The normalized spacial score (nSPS) is 15.1. The molecule has 0 atom stereocenters. The Morgan fingerprint density at radius 2 is 1.89 bits per heavy atom. The molecule has 6 nitrogen and oxygen atoms in total. The van der Waals surface area contributed by atoms with Gasteiger partial charge in [0.2, 0.25) is 0 Å². The number of anilines is 1. The first kappa shape index (κ1) is 17.5. The predicted molar refractivity (Wildman–Crippen MR) is 105 cm³/mol. The molecule has 0 radical (unpaired) electrons. The maximum atomic E-state index is 11.0. The van der Waals surface area contributed by atoms with Crippen LogP contribution in [0.2, 0.25) is 0 Å². The zero-order chi connectivity index (χ0) is 18.6. The van der Waals surface area contributed by atoms with Gasteiger partial charge in [0.15, 0.2) is 0 Å². The highest BCUT2D eigenvalue weighted by molar-refractivity contribution is 5.91. The number of carbonyl (C=O) groups is 1. The van der Waals surface area contributed by atoms with Gasteiger partial charge in [0.25, 0.3) is 0 Å². The summed E-state index contributed by atoms with van der Waals surface area (Å²) in [5.41, 5.74) is 3.42. The number of nitrogens with zero attached hydrogens (tertiary/aromatic N) is 2. The van der Waals surface area contributed by atoms with Crippen molar-refractivity contribution in [3.63, 3.8) is 0 Å². The zero-order valence-corrected chi connectivity index (χ0v) is 15.2. The van der Waals surface area contributed by atoms with E-state index in [1.54, 1.807) is 12.1 Å². The van der Waals surface area contributed by atoms with E-state index >= 15 is 0 Å². The lowest BCUT2D eigenvalue weighted by Crippen LogP contribution is -2.23. The van der Waals surface area contributed by atoms with Gasteiger partial charge in [0, 0.05) is 17.9 Å². The Kier molecular flexibility index (Phi) is 5.05. The number of pyridine rings is 1. The molecule has 6 heteroatoms. The third-order valence-electron chi connectivity index (χ3n) is 5.35. The van der Waals surface area contributed by atoms with Crippen LogP contribution in [0.5, 0.6) is 0 Å². The van der Waals surface area contributed by atoms with Crippen molar-refractivity contribution in [3.8, 4) is 0 Å². The molecule has 4 rings (SSSR count). The Labute approximate surface area is 158 Å². The first-order valence-electron chi connectivity index (χ1n) is 9.61. The molecule has 0 spiro atoms. The van der Waals surface area contributed by atoms with Gasteiger partial charge in [-0.2, -0.15) is 5.10 Å². The number of aryl methyl sites for hydroxylation is 2. The van der Waals surface area contributed by atoms with E-state index < -0.39 is 5.97 Å². The van der Waals surface area contributed by atoms with Crippen molar-refractivity contribution >= 4 is 22.7 Å². The molecule has 2 aromatic heterocycles. The molecule has 3 N–H and O–H groups in total. The minimum atomic E-state index is -0.898. The van der Waals surface area contributed by atoms with E-state index in [4.69, 9.17) is 5.11 Å². The minimum absolute atomic E-state index is 0.314. The van der Waals surface area contributed by atoms with Crippen LogP contribution < -0.4 is 5.32 Å². The quantitative estimate of drug-likeness (QED) is 0.610. The van der Waals surface area contributed by atoms with Gasteiger partial charge in [-0.05, 0) is 49.4 Å². The summed E-state index contributed by atoms with van der Waals surface area (Å²) in [6.45, 7) is 0. The molecule has 1 aliphatic rings. The molecule has 3 aromatic rings. The monoisotopic (exact) mass is 364 g/mol. The highest BCUT2D eigenvalue weighted by atomic mass is 16.4. The van der Waals surface area contributed by atoms with Gasteiger partial charge in [-0.15, -0.1) is 0 Å². The number of H-pyrrole nitrogens is 1. The van der Waals surface area contributed by atoms with Crippen molar-refractivity contribution in [2.45, 2.75) is 51.0 Å². The Hall–Kier alpha value is -2.89. The number of fused-ring (bicyclic) bond motifs is 1. The molecule has 0 bridgehead atoms. The summed E-state index contributed by atoms with van der Waals surface area (Å²) in [7, 11) is 0. The van der Waals surface area contributed by atoms with Crippen LogP contribution in [0, 0.1) is 0 Å². The van der Waals surface area contributed by atoms with Crippen molar-refractivity contribution < 1.29 is 9.90 Å². The second-order valence-electron chi connectivity index (χ2n) is 7.24. The summed E-state index contributed by atoms with van der Waals surface area (Å²) in [6.07, 6.45) is 9.69. The summed E-state index contributed by atoms with van der Waals surface area (Å²) >= 11 is 0. The number of hydrogen-bond donors (Lipinski definition) is 3. The second-order valence-corrected chi connectivity index (χ2v) is 7.24. The van der Waals surface area contributed by atoms with E-state index in [-0.39, 0.29) is 0 Å². The number of benzene rings is 1. The Bertz CT molecular complexity index is 927. The van der Waals surface area contributed by atoms with Crippen molar-refractivity contribution in [2.24, 2.45) is 0 Å². The molecule has 0 saturated heterocycles. The molecule has 27 heavy (non-hydrogen) atoms. The first-order valence-corrected chi connectivity index (χ1v) is 9.61. The average molecular weight is 364 g/mol. The number of carboxylic acids is 1. The van der Waals surface area contributed by atoms with Crippen LogP contribution in [0.3, 0.4) is 0 Å². The molecule has 140 valence electrons. The third kappa shape index (κ3) is 3.94. The van der Waals surface area contributed by atoms with Crippen LogP contribution in [0.25, 0.3) is 10.9 Å². The number of rotatable bonds is 6. The SMILES string of the molecule is O=C(O)c1ccc(CCc2[nH]nc3ccnc(NC4CCCCC4)c23)cc1. The molecule has 1 aliphatic carbocycles. The first-order chi connectivity index (χ1) is 13.2. The third-order valence-corrected chi connectivity index (χ3v) is 5.35. The lowest BCUT2D eigenvalue weighted by molar-refractivity contribution is 0.0697. The molecule has 0 aliphatic heterocycles. The van der Waals surface area contributed by atoms with E-state index in [2.05, 4.69) is 20.5 Å². The maximum absolute atomic E-state index is 11.0. The molecule has 1 aromatic carbocycles. The van der Waals surface area contributed by atoms with Gasteiger partial charge in [0.05, 0.1) is 16.5 Å². The summed E-state index contributed by atoms with van der Waals surface area (Å²) in [5.74, 6) is 0.0231. The molecule has 2 heterocycles. The number of carboxylic acid groups (broad SMARTS) is 1. The molecular weight excluding hydrogens is 340 g/mol. The van der Waals surface area contributed by atoms with E-state index in [1.807, 2.05) is 24.4 Å². The molecule has 0 amide bonds. The van der Waals surface area contributed by atoms with E-state index in [0.717, 1.165) is 40.8 Å². The molecule has 0 unspecified atom stereocenters. The number of aromatic carboxylic acids is 1. The van der Waals surface area contributed by atoms with E-state index in [9.17, 15) is 4.79 Å². The minimum Gasteiger partial charge on any atom is -0.478 e. The highest BCUT2D eigenvalue weighted by Crippen LogP contribution is 2.27. The van der Waals surface area contributed by atoms with Gasteiger partial charge in [-0.1, -0.05) is 31.4 Å². The average Bonchev–Trinajstić information content (AvgIpc) is 3.12. The summed E-state index contributed by atoms with van der Waals surface area (Å²) in [5, 5.41) is 21.3.